The van der Waals surface area contributed by atoms with E-state index >= 15 is 0 Å². The van der Waals surface area contributed by atoms with Crippen molar-refractivity contribution in [2.24, 2.45) is 11.1 Å². The highest BCUT2D eigenvalue weighted by molar-refractivity contribution is 7.70. The van der Waals surface area contributed by atoms with Gasteiger partial charge in [0.15, 0.2) is 0 Å². The van der Waals surface area contributed by atoms with E-state index in [-0.39, 0.29) is 97.8 Å². The van der Waals surface area contributed by atoms with Gasteiger partial charge in [-0.3, -0.25) is 47.7 Å². The van der Waals surface area contributed by atoms with Crippen LogP contribution in [0.25, 0.3) is 21.3 Å². The Kier molecular flexibility index (Phi) is 22.2. The van der Waals surface area contributed by atoms with Crippen LogP contribution in [0, 0.1) is 12.3 Å². The number of aromatic nitrogens is 2. The molecule has 0 bridgehead atoms. The second-order valence-corrected chi connectivity index (χ2v) is 26.3. The summed E-state index contributed by atoms with van der Waals surface area (Å²) in [6.45, 7) is 10.3. The summed E-state index contributed by atoms with van der Waals surface area (Å²) in [6, 6.07) is 12.0. The predicted octanol–water partition coefficient (Wildman–Crippen LogP) is 4.97. The number of halogens is 1. The van der Waals surface area contributed by atoms with E-state index in [0.717, 1.165) is 21.7 Å². The number of rotatable bonds is 22. The van der Waals surface area contributed by atoms with Crippen molar-refractivity contribution < 1.29 is 67.3 Å². The number of aliphatic hydroxyl groups is 1. The molecule has 474 valence electrons. The average molecular weight is 1270 g/mol. The summed E-state index contributed by atoms with van der Waals surface area (Å²) >= 11 is 8.46. The predicted molar refractivity (Wildman–Crippen MR) is 328 cm³/mol. The van der Waals surface area contributed by atoms with Crippen LogP contribution in [0.5, 0.6) is 5.75 Å². The Morgan fingerprint density at radius 3 is 2.31 bits per heavy atom. The van der Waals surface area contributed by atoms with Gasteiger partial charge in [0, 0.05) is 68.3 Å². The molecule has 3 aromatic carbocycles. The molecule has 25 nitrogen and oxygen atoms in total. The third-order valence-electron chi connectivity index (χ3n) is 16.1. The summed E-state index contributed by atoms with van der Waals surface area (Å²) in [5, 5.41) is 22.8. The number of aromatic amines is 1. The molecular formula is C60H77ClN11O14PS. The molecule has 88 heavy (non-hydrogen) atoms. The molecule has 5 heterocycles. The van der Waals surface area contributed by atoms with E-state index in [1.807, 2.05) is 38.1 Å². The largest absolute Gasteiger partial charge is 0.490 e. The topological polar surface area (TPSA) is 388 Å². The Labute approximate surface area is 518 Å². The number of hydrogen-bond acceptors (Lipinski definition) is 15. The number of primary amides is 1. The molecule has 5 aromatic rings. The summed E-state index contributed by atoms with van der Waals surface area (Å²) < 4.78 is 17.8. The number of likely N-dealkylation sites (tertiary alicyclic amines) is 1. The number of nitrogens with two attached hydrogens (primary N) is 1. The first-order chi connectivity index (χ1) is 41.1. The molecule has 0 saturated carbocycles. The summed E-state index contributed by atoms with van der Waals surface area (Å²) in [5.41, 5.74) is 8.61. The van der Waals surface area contributed by atoms with Crippen molar-refractivity contribution in [3.63, 3.8) is 0 Å². The fourth-order valence-corrected chi connectivity index (χ4v) is 12.9. The van der Waals surface area contributed by atoms with Gasteiger partial charge in [-0.05, 0) is 105 Å². The standard InChI is InChI=1S/C60H74ClN10O14PS.H3N/c1-32(35-13-15-37(16-14-35)52-33(2)63-31-87-52)64-56(78)47-27-42(73)28-70(47)58(80)53(60(4,5)6)68-50(75)12-8-10-36-9-7-11-48(51(36)61)85-30-40(18-22-49(62)74)65-55(77)46-21-19-41-23-24-69(34(3)72)29-45(57(79)71(41)46)67-54(76)44-26-39-25-38(17-20-43(39)66-44)59(81)86(82,83)84;/h7,9,11,13-17,20,25-26,31-32,40-42,45-47,53,66,73H,8,10,12,18-19,21-24,27-30H2,1-6H3,(H2,62,74)(H,64,78)(H,65,77)(H,67,76)(H,68,75)(H2,82,83,84);1H3/t32-,40-,41+,42+,45-,46-,47-,53+;/m0./s1. The van der Waals surface area contributed by atoms with Crippen LogP contribution in [-0.2, 0) is 44.5 Å². The number of carbonyl (C=O) groups excluding carboxylic acids is 9. The maximum atomic E-state index is 14.6. The molecule has 8 amide bonds. The van der Waals surface area contributed by atoms with Gasteiger partial charge >= 0.3 is 7.60 Å². The second-order valence-electron chi connectivity index (χ2n) is 23.6. The molecule has 0 aliphatic carbocycles. The monoisotopic (exact) mass is 1270 g/mol. The van der Waals surface area contributed by atoms with Crippen LogP contribution in [-0.4, -0.2) is 161 Å². The van der Waals surface area contributed by atoms with Crippen molar-refractivity contribution in [2.75, 3.05) is 26.2 Å². The number of aliphatic hydroxyl groups excluding tert-OH is 1. The minimum absolute atomic E-state index is 0. The number of thiazole rings is 1. The number of nitrogens with one attached hydrogen (secondary N) is 5. The van der Waals surface area contributed by atoms with Crippen LogP contribution in [0.4, 0.5) is 0 Å². The zero-order valence-corrected chi connectivity index (χ0v) is 52.3. The van der Waals surface area contributed by atoms with Crippen molar-refractivity contribution in [1.82, 2.24) is 52.1 Å². The summed E-state index contributed by atoms with van der Waals surface area (Å²) in [7, 11) is -5.10. The summed E-state index contributed by atoms with van der Waals surface area (Å²) in [5.74, 6) is -4.02. The first-order valence-corrected chi connectivity index (χ1v) is 31.6. The van der Waals surface area contributed by atoms with Gasteiger partial charge in [0.2, 0.25) is 41.4 Å². The molecule has 8 atom stereocenters. The van der Waals surface area contributed by atoms with Crippen molar-refractivity contribution in [2.45, 2.75) is 148 Å². The van der Waals surface area contributed by atoms with Crippen LogP contribution in [0.2, 0.25) is 5.02 Å². The summed E-state index contributed by atoms with van der Waals surface area (Å²) in [6.07, 6.45) is 0.592. The number of hydrogen-bond donors (Lipinski definition) is 10. The molecule has 28 heteroatoms. The zero-order valence-electron chi connectivity index (χ0n) is 49.9. The Morgan fingerprint density at radius 1 is 0.932 bits per heavy atom. The Balaban J connectivity index is 0.0000110. The van der Waals surface area contributed by atoms with Crippen LogP contribution >= 0.6 is 30.5 Å². The molecule has 3 aliphatic heterocycles. The Hall–Kier alpha value is -7.58. The molecule has 3 fully saturated rings. The zero-order chi connectivity index (χ0) is 63.2. The molecule has 0 spiro atoms. The Bertz CT molecular complexity index is 3500. The lowest BCUT2D eigenvalue weighted by atomic mass is 9.85. The lowest BCUT2D eigenvalue weighted by molar-refractivity contribution is -0.145. The highest BCUT2D eigenvalue weighted by Crippen LogP contribution is 2.40. The first-order valence-electron chi connectivity index (χ1n) is 28.8. The number of aryl methyl sites for hydroxylation is 2. The fourth-order valence-electron chi connectivity index (χ4n) is 11.4. The number of H-pyrrole nitrogens is 1. The molecule has 0 unspecified atom stereocenters. The summed E-state index contributed by atoms with van der Waals surface area (Å²) in [4.78, 5) is 153. The van der Waals surface area contributed by atoms with Crippen LogP contribution in [0.15, 0.2) is 72.2 Å². The highest BCUT2D eigenvalue weighted by Gasteiger charge is 2.47. The van der Waals surface area contributed by atoms with E-state index in [4.69, 9.17) is 22.1 Å². The van der Waals surface area contributed by atoms with Gasteiger partial charge in [-0.15, -0.1) is 11.3 Å². The van der Waals surface area contributed by atoms with Gasteiger partial charge in [0.25, 0.3) is 11.4 Å². The third kappa shape index (κ3) is 16.4. The maximum Gasteiger partial charge on any atom is 0.396 e. The fraction of sp³-hybridized carbons (Fsp3) is 0.467. The number of fused-ring (bicyclic) bond motifs is 2. The normalized spacial score (nSPS) is 19.7. The van der Waals surface area contributed by atoms with Crippen molar-refractivity contribution in [1.29, 1.82) is 0 Å². The first kappa shape index (κ1) is 67.9. The number of nitrogens with zero attached hydrogens (tertiary/aromatic N) is 4. The Morgan fingerprint density at radius 2 is 1.65 bits per heavy atom. The number of β-amino-alcohol motifs (C(OH)–C–C–N with tert-alkyl or cyclic N) is 1. The van der Waals surface area contributed by atoms with Crippen molar-refractivity contribution >= 4 is 94.2 Å². The van der Waals surface area contributed by atoms with Crippen molar-refractivity contribution in [3.8, 4) is 16.2 Å². The SMILES string of the molecule is CC(=O)N1CC[C@H]2CC[C@@H](C(=O)N[C@@H](CCC(N)=O)COc3cccc(CCCC(=O)N[C@H](C(=O)N4C[C@H](O)C[C@H]4C(=O)N[C@@H](C)c4ccc(-c5scnc5C)cc4)C(C)(C)C)c3Cl)N2C(=O)[C@@H](NC(=O)c2cc3cc(C(=O)P(=O)(O)O)ccc3[nH]2)C1.N. The number of amides is 8. The van der Waals surface area contributed by atoms with Crippen molar-refractivity contribution in [3.05, 3.63) is 105 Å². The van der Waals surface area contributed by atoms with E-state index in [1.54, 1.807) is 55.8 Å². The van der Waals surface area contributed by atoms with E-state index in [2.05, 4.69) is 31.2 Å². The molecule has 2 aromatic heterocycles. The van der Waals surface area contributed by atoms with Gasteiger partial charge in [0.05, 0.1) is 39.3 Å². The van der Waals surface area contributed by atoms with E-state index < -0.39 is 108 Å². The van der Waals surface area contributed by atoms with Crippen LogP contribution in [0.1, 0.15) is 130 Å². The lowest BCUT2D eigenvalue weighted by Crippen LogP contribution is -2.61. The second kappa shape index (κ2) is 28.7. The number of benzene rings is 3. The molecule has 3 saturated heterocycles. The van der Waals surface area contributed by atoms with Gasteiger partial charge in [-0.1, -0.05) is 68.8 Å². The molecule has 8 rings (SSSR count). The lowest BCUT2D eigenvalue weighted by Gasteiger charge is -2.38. The van der Waals surface area contributed by atoms with Gasteiger partial charge < -0.3 is 72.5 Å². The number of ether oxygens (including phenoxy) is 1. The smallest absolute Gasteiger partial charge is 0.396 e. The average Bonchev–Trinajstić information content (AvgIpc) is 1.80. The van der Waals surface area contributed by atoms with E-state index in [0.29, 0.717) is 36.8 Å². The van der Waals surface area contributed by atoms with E-state index in [9.17, 15) is 62.6 Å². The van der Waals surface area contributed by atoms with Gasteiger partial charge in [-0.25, -0.2) is 4.98 Å². The minimum Gasteiger partial charge on any atom is -0.490 e. The van der Waals surface area contributed by atoms with Crippen LogP contribution < -0.4 is 37.9 Å². The molecular weight excluding hydrogens is 1200 g/mol. The van der Waals surface area contributed by atoms with Crippen LogP contribution in [0.3, 0.4) is 0 Å². The quantitative estimate of drug-likeness (QED) is 0.0409. The van der Waals surface area contributed by atoms with Gasteiger partial charge in [0.1, 0.15) is 42.2 Å². The molecule has 0 radical (unpaired) electrons. The third-order valence-corrected chi connectivity index (χ3v) is 18.3. The van der Waals surface area contributed by atoms with E-state index in [1.165, 1.54) is 45.9 Å². The van der Waals surface area contributed by atoms with Gasteiger partial charge in [-0.2, -0.15) is 0 Å². The minimum atomic E-state index is -5.10. The molecule has 13 N–H and O–H groups in total. The number of carbonyl (C=O) groups is 9. The molecule has 3 aliphatic rings. The maximum absolute atomic E-state index is 14.6. The highest BCUT2D eigenvalue weighted by atomic mass is 35.5.